The molecule has 1 fully saturated rings. The molecule has 0 bridgehead atoms. The Balaban J connectivity index is 1.28. The van der Waals surface area contributed by atoms with Crippen LogP contribution in [0.15, 0.2) is 53.1 Å². The number of nitrogens with one attached hydrogen (secondary N) is 1. The lowest BCUT2D eigenvalue weighted by atomic mass is 9.98. The number of aromatic nitrogens is 2. The first kappa shape index (κ1) is 23.2. The Morgan fingerprint density at radius 3 is 2.58 bits per heavy atom. The summed E-state index contributed by atoms with van der Waals surface area (Å²) < 4.78 is 5.25. The zero-order valence-corrected chi connectivity index (χ0v) is 19.7. The highest BCUT2D eigenvalue weighted by Gasteiger charge is 2.13. The van der Waals surface area contributed by atoms with Crippen molar-refractivity contribution >= 4 is 5.91 Å². The minimum absolute atomic E-state index is 0.0364. The summed E-state index contributed by atoms with van der Waals surface area (Å²) in [6, 6.07) is 17.1. The maximum Gasteiger partial charge on any atom is 0.226 e. The minimum Gasteiger partial charge on any atom is -0.352 e. The molecule has 33 heavy (non-hydrogen) atoms. The normalized spacial score (nSPS) is 14.2. The fourth-order valence-corrected chi connectivity index (χ4v) is 4.23. The fourth-order valence-electron chi connectivity index (χ4n) is 4.23. The summed E-state index contributed by atoms with van der Waals surface area (Å²) in [7, 11) is 0. The van der Waals surface area contributed by atoms with Gasteiger partial charge in [0.15, 0.2) is 5.82 Å². The van der Waals surface area contributed by atoms with Crippen LogP contribution in [0.2, 0.25) is 0 Å². The molecule has 4 rings (SSSR count). The van der Waals surface area contributed by atoms with E-state index in [4.69, 9.17) is 4.52 Å². The Labute approximate surface area is 196 Å². The quantitative estimate of drug-likeness (QED) is 0.469. The van der Waals surface area contributed by atoms with E-state index in [1.54, 1.807) is 0 Å². The Bertz CT molecular complexity index is 1040. The number of rotatable bonds is 10. The first-order valence-electron chi connectivity index (χ1n) is 12.1. The van der Waals surface area contributed by atoms with Gasteiger partial charge in [0.2, 0.25) is 11.8 Å². The molecule has 1 saturated heterocycles. The molecular weight excluding hydrogens is 412 g/mol. The number of likely N-dealkylation sites (tertiary alicyclic amines) is 1. The second kappa shape index (κ2) is 11.2. The number of carbonyl (C=O) groups is 1. The topological polar surface area (TPSA) is 71.3 Å². The standard InChI is InChI=1S/C27H34N4O2/c1-20(2)27-29-26(33-30-27)11-7-10-25(32)28-18-23-8-3-4-9-24(23)22-14-12-21(13-15-22)19-31-16-5-6-17-31/h3-4,8-9,12-15,20H,5-7,10-11,16-19H2,1-2H3,(H,28,32). The third-order valence-corrected chi connectivity index (χ3v) is 6.16. The number of carbonyl (C=O) groups excluding carboxylic acids is 1. The van der Waals surface area contributed by atoms with E-state index in [1.165, 1.54) is 37.1 Å². The van der Waals surface area contributed by atoms with Gasteiger partial charge in [0.1, 0.15) is 0 Å². The summed E-state index contributed by atoms with van der Waals surface area (Å²) in [5, 5.41) is 7.04. The predicted molar refractivity (Wildman–Crippen MR) is 130 cm³/mol. The zero-order valence-electron chi connectivity index (χ0n) is 19.7. The van der Waals surface area contributed by atoms with Crippen molar-refractivity contribution in [3.05, 3.63) is 71.4 Å². The van der Waals surface area contributed by atoms with Gasteiger partial charge in [-0.3, -0.25) is 9.69 Å². The van der Waals surface area contributed by atoms with Gasteiger partial charge in [0.25, 0.3) is 0 Å². The molecule has 1 aliphatic rings. The van der Waals surface area contributed by atoms with Gasteiger partial charge in [-0.1, -0.05) is 67.5 Å². The van der Waals surface area contributed by atoms with Crippen LogP contribution in [-0.4, -0.2) is 34.0 Å². The van der Waals surface area contributed by atoms with Crippen LogP contribution in [-0.2, 0) is 24.3 Å². The van der Waals surface area contributed by atoms with Crippen molar-refractivity contribution in [2.24, 2.45) is 0 Å². The van der Waals surface area contributed by atoms with Gasteiger partial charge in [0, 0.05) is 31.8 Å². The van der Waals surface area contributed by atoms with E-state index in [0.29, 0.717) is 31.7 Å². The van der Waals surface area contributed by atoms with Crippen molar-refractivity contribution in [2.45, 2.75) is 65.0 Å². The smallest absolute Gasteiger partial charge is 0.226 e. The highest BCUT2D eigenvalue weighted by Crippen LogP contribution is 2.25. The van der Waals surface area contributed by atoms with Crippen LogP contribution in [0.4, 0.5) is 0 Å². The predicted octanol–water partition coefficient (Wildman–Crippen LogP) is 5.09. The third-order valence-electron chi connectivity index (χ3n) is 6.16. The van der Waals surface area contributed by atoms with Crippen LogP contribution < -0.4 is 5.32 Å². The van der Waals surface area contributed by atoms with Crippen molar-refractivity contribution in [3.63, 3.8) is 0 Å². The van der Waals surface area contributed by atoms with Crippen molar-refractivity contribution in [1.82, 2.24) is 20.4 Å². The van der Waals surface area contributed by atoms with Crippen molar-refractivity contribution in [1.29, 1.82) is 0 Å². The second-order valence-corrected chi connectivity index (χ2v) is 9.17. The maximum atomic E-state index is 12.4. The summed E-state index contributed by atoms with van der Waals surface area (Å²) >= 11 is 0. The lowest BCUT2D eigenvalue weighted by molar-refractivity contribution is -0.121. The summed E-state index contributed by atoms with van der Waals surface area (Å²) in [6.07, 6.45) is 4.37. The average molecular weight is 447 g/mol. The molecule has 1 aromatic heterocycles. The molecule has 2 aromatic carbocycles. The number of benzene rings is 2. The van der Waals surface area contributed by atoms with E-state index in [1.807, 2.05) is 19.9 Å². The second-order valence-electron chi connectivity index (χ2n) is 9.17. The molecule has 174 valence electrons. The maximum absolute atomic E-state index is 12.4. The van der Waals surface area contributed by atoms with Gasteiger partial charge >= 0.3 is 0 Å². The zero-order chi connectivity index (χ0) is 23.0. The summed E-state index contributed by atoms with van der Waals surface area (Å²) in [5.74, 6) is 1.60. The summed E-state index contributed by atoms with van der Waals surface area (Å²) in [5.41, 5.74) is 4.82. The number of aryl methyl sites for hydroxylation is 1. The number of amides is 1. The van der Waals surface area contributed by atoms with Crippen LogP contribution in [0.5, 0.6) is 0 Å². The Kier molecular flexibility index (Phi) is 7.89. The van der Waals surface area contributed by atoms with E-state index in [-0.39, 0.29) is 11.8 Å². The molecule has 1 N–H and O–H groups in total. The molecule has 0 spiro atoms. The van der Waals surface area contributed by atoms with Crippen LogP contribution in [0.3, 0.4) is 0 Å². The first-order chi connectivity index (χ1) is 16.1. The number of hydrogen-bond acceptors (Lipinski definition) is 5. The van der Waals surface area contributed by atoms with Crippen molar-refractivity contribution in [3.8, 4) is 11.1 Å². The molecule has 0 saturated carbocycles. The Morgan fingerprint density at radius 2 is 1.85 bits per heavy atom. The molecule has 0 unspecified atom stereocenters. The SMILES string of the molecule is CC(C)c1noc(CCCC(=O)NCc2ccccc2-c2ccc(CN3CCCC3)cc2)n1. The van der Waals surface area contributed by atoms with Crippen LogP contribution in [0.1, 0.15) is 68.3 Å². The molecular formula is C27H34N4O2. The highest BCUT2D eigenvalue weighted by atomic mass is 16.5. The van der Waals surface area contributed by atoms with Gasteiger partial charge in [-0.05, 0) is 54.6 Å². The Morgan fingerprint density at radius 1 is 1.09 bits per heavy atom. The lowest BCUT2D eigenvalue weighted by Crippen LogP contribution is -2.22. The van der Waals surface area contributed by atoms with Gasteiger partial charge < -0.3 is 9.84 Å². The minimum atomic E-state index is 0.0364. The molecule has 1 amide bonds. The van der Waals surface area contributed by atoms with Crippen LogP contribution >= 0.6 is 0 Å². The largest absolute Gasteiger partial charge is 0.352 e. The molecule has 3 aromatic rings. The summed E-state index contributed by atoms with van der Waals surface area (Å²) in [6.45, 7) is 8.02. The summed E-state index contributed by atoms with van der Waals surface area (Å²) in [4.78, 5) is 19.3. The molecule has 6 heteroatoms. The molecule has 0 aliphatic carbocycles. The van der Waals surface area contributed by atoms with E-state index in [2.05, 4.69) is 62.8 Å². The molecule has 6 nitrogen and oxygen atoms in total. The van der Waals surface area contributed by atoms with Gasteiger partial charge in [-0.15, -0.1) is 0 Å². The van der Waals surface area contributed by atoms with Gasteiger partial charge in [-0.2, -0.15) is 4.98 Å². The van der Waals surface area contributed by atoms with Crippen molar-refractivity contribution in [2.75, 3.05) is 13.1 Å². The highest BCUT2D eigenvalue weighted by molar-refractivity contribution is 5.76. The molecule has 0 atom stereocenters. The van der Waals surface area contributed by atoms with E-state index >= 15 is 0 Å². The van der Waals surface area contributed by atoms with E-state index in [0.717, 1.165) is 23.5 Å². The molecule has 0 radical (unpaired) electrons. The van der Waals surface area contributed by atoms with Crippen molar-refractivity contribution < 1.29 is 9.32 Å². The Hall–Kier alpha value is -2.99. The number of nitrogens with zero attached hydrogens (tertiary/aromatic N) is 3. The fraction of sp³-hybridized carbons (Fsp3) is 0.444. The van der Waals surface area contributed by atoms with Crippen LogP contribution in [0.25, 0.3) is 11.1 Å². The average Bonchev–Trinajstić information content (AvgIpc) is 3.51. The van der Waals surface area contributed by atoms with E-state index in [9.17, 15) is 4.79 Å². The van der Waals surface area contributed by atoms with Gasteiger partial charge in [0.05, 0.1) is 0 Å². The number of hydrogen-bond donors (Lipinski definition) is 1. The molecule has 2 heterocycles. The van der Waals surface area contributed by atoms with Gasteiger partial charge in [-0.25, -0.2) is 0 Å². The van der Waals surface area contributed by atoms with Crippen LogP contribution in [0, 0.1) is 0 Å². The third kappa shape index (κ3) is 6.51. The monoisotopic (exact) mass is 446 g/mol. The lowest BCUT2D eigenvalue weighted by Gasteiger charge is -2.15. The first-order valence-corrected chi connectivity index (χ1v) is 12.1. The van der Waals surface area contributed by atoms with E-state index < -0.39 is 0 Å². The molecule has 1 aliphatic heterocycles.